The first kappa shape index (κ1) is 23.2. The van der Waals surface area contributed by atoms with Gasteiger partial charge in [0.25, 0.3) is 0 Å². The van der Waals surface area contributed by atoms with Gasteiger partial charge in [-0.15, -0.1) is 12.4 Å². The topological polar surface area (TPSA) is 76.7 Å². The summed E-state index contributed by atoms with van der Waals surface area (Å²) in [5.41, 5.74) is 1.01. The highest BCUT2D eigenvalue weighted by Crippen LogP contribution is 2.18. The van der Waals surface area contributed by atoms with Crippen LogP contribution in [0.1, 0.15) is 32.3 Å². The van der Waals surface area contributed by atoms with Crippen LogP contribution in [-0.4, -0.2) is 44.7 Å². The minimum Gasteiger partial charge on any atom is -0.494 e. The molecule has 0 aliphatic carbocycles. The molecule has 1 aliphatic heterocycles. The number of carbonyl (C=O) groups excluding carboxylic acids is 2. The molecule has 1 unspecified atom stereocenters. The van der Waals surface area contributed by atoms with Gasteiger partial charge in [-0.3, -0.25) is 9.59 Å². The monoisotopic (exact) mass is 398 g/mol. The van der Waals surface area contributed by atoms with Crippen molar-refractivity contribution in [2.24, 2.45) is 11.8 Å². The number of methoxy groups -OCH3 is 1. The van der Waals surface area contributed by atoms with Crippen LogP contribution in [0.5, 0.6) is 5.75 Å². The van der Waals surface area contributed by atoms with Crippen molar-refractivity contribution in [3.8, 4) is 5.75 Å². The largest absolute Gasteiger partial charge is 0.494 e. The summed E-state index contributed by atoms with van der Waals surface area (Å²) in [6, 6.07) is 8.01. The highest BCUT2D eigenvalue weighted by atomic mass is 35.5. The molecule has 0 aromatic heterocycles. The van der Waals surface area contributed by atoms with Crippen LogP contribution in [0.4, 0.5) is 0 Å². The summed E-state index contributed by atoms with van der Waals surface area (Å²) >= 11 is 0. The Balaban J connectivity index is 0.00000364. The number of hydrogen-bond donors (Lipinski definition) is 2. The van der Waals surface area contributed by atoms with Gasteiger partial charge in [0.1, 0.15) is 5.75 Å². The average Bonchev–Trinajstić information content (AvgIpc) is 2.65. The molecule has 1 saturated heterocycles. The molecule has 1 amide bonds. The summed E-state index contributed by atoms with van der Waals surface area (Å²) < 4.78 is 10.4. The van der Waals surface area contributed by atoms with E-state index in [-0.39, 0.29) is 36.7 Å². The molecule has 27 heavy (non-hydrogen) atoms. The van der Waals surface area contributed by atoms with Gasteiger partial charge in [-0.2, -0.15) is 0 Å². The Kier molecular flexibility index (Phi) is 10.2. The van der Waals surface area contributed by atoms with Crippen molar-refractivity contribution in [2.45, 2.75) is 39.2 Å². The van der Waals surface area contributed by atoms with Gasteiger partial charge in [0, 0.05) is 18.5 Å². The average molecular weight is 399 g/mol. The Labute approximate surface area is 167 Å². The lowest BCUT2D eigenvalue weighted by molar-refractivity contribution is -0.145. The van der Waals surface area contributed by atoms with E-state index in [0.717, 1.165) is 30.7 Å². The first-order valence-corrected chi connectivity index (χ1v) is 9.34. The normalized spacial score (nSPS) is 20.1. The van der Waals surface area contributed by atoms with Crippen LogP contribution >= 0.6 is 12.4 Å². The second-order valence-corrected chi connectivity index (χ2v) is 6.82. The van der Waals surface area contributed by atoms with Gasteiger partial charge in [0.2, 0.25) is 5.91 Å². The van der Waals surface area contributed by atoms with E-state index in [1.807, 2.05) is 31.2 Å². The Bertz CT molecular complexity index is 594. The highest BCUT2D eigenvalue weighted by molar-refractivity contribution is 5.85. The maximum absolute atomic E-state index is 12.4. The third-order valence-corrected chi connectivity index (χ3v) is 4.77. The van der Waals surface area contributed by atoms with Crippen LogP contribution in [0, 0.1) is 11.8 Å². The number of nitrogens with one attached hydrogen (secondary N) is 2. The zero-order chi connectivity index (χ0) is 18.9. The fraction of sp³-hybridized carbons (Fsp3) is 0.600. The third-order valence-electron chi connectivity index (χ3n) is 4.77. The molecule has 7 heteroatoms. The van der Waals surface area contributed by atoms with Gasteiger partial charge < -0.3 is 20.1 Å². The lowest BCUT2D eigenvalue weighted by Crippen LogP contribution is -2.44. The van der Waals surface area contributed by atoms with Crippen molar-refractivity contribution in [2.75, 3.05) is 26.8 Å². The van der Waals surface area contributed by atoms with Crippen molar-refractivity contribution in [1.29, 1.82) is 0 Å². The minimum atomic E-state index is -0.402. The smallest absolute Gasteiger partial charge is 0.310 e. The van der Waals surface area contributed by atoms with E-state index in [1.54, 1.807) is 0 Å². The van der Waals surface area contributed by atoms with Gasteiger partial charge in [-0.05, 0) is 57.4 Å². The summed E-state index contributed by atoms with van der Waals surface area (Å²) in [6.07, 6.45) is 2.17. The lowest BCUT2D eigenvalue weighted by atomic mass is 9.92. The quantitative estimate of drug-likeness (QED) is 0.657. The van der Waals surface area contributed by atoms with Crippen molar-refractivity contribution in [3.63, 3.8) is 0 Å². The van der Waals surface area contributed by atoms with Gasteiger partial charge in [-0.1, -0.05) is 12.1 Å². The molecule has 0 bridgehead atoms. The first-order valence-electron chi connectivity index (χ1n) is 9.34. The van der Waals surface area contributed by atoms with Crippen molar-refractivity contribution >= 4 is 24.3 Å². The molecular weight excluding hydrogens is 368 g/mol. The van der Waals surface area contributed by atoms with Crippen LogP contribution in [0.2, 0.25) is 0 Å². The molecule has 1 heterocycles. The maximum atomic E-state index is 12.4. The van der Waals surface area contributed by atoms with Crippen LogP contribution in [0.15, 0.2) is 24.3 Å². The Morgan fingerprint density at radius 1 is 1.30 bits per heavy atom. The number of esters is 1. The molecule has 1 aromatic carbocycles. The molecule has 2 N–H and O–H groups in total. The first-order chi connectivity index (χ1) is 12.5. The van der Waals surface area contributed by atoms with Crippen molar-refractivity contribution < 1.29 is 19.1 Å². The van der Waals surface area contributed by atoms with E-state index in [9.17, 15) is 9.59 Å². The number of halogens is 1. The molecule has 0 spiro atoms. The molecule has 6 nitrogen and oxygen atoms in total. The lowest BCUT2D eigenvalue weighted by Gasteiger charge is -2.27. The third kappa shape index (κ3) is 7.39. The second-order valence-electron chi connectivity index (χ2n) is 6.82. The molecule has 152 valence electrons. The predicted octanol–water partition coefficient (Wildman–Crippen LogP) is 2.34. The number of piperidine rings is 1. The molecule has 2 rings (SSSR count). The number of carbonyl (C=O) groups is 2. The number of hydrogen-bond acceptors (Lipinski definition) is 5. The Morgan fingerprint density at radius 2 is 2.00 bits per heavy atom. The van der Waals surface area contributed by atoms with Crippen LogP contribution in [-0.2, 0) is 20.7 Å². The van der Waals surface area contributed by atoms with Crippen molar-refractivity contribution in [1.82, 2.24) is 10.6 Å². The van der Waals surface area contributed by atoms with Crippen molar-refractivity contribution in [3.05, 3.63) is 29.8 Å². The summed E-state index contributed by atoms with van der Waals surface area (Å²) in [4.78, 5) is 24.5. The van der Waals surface area contributed by atoms with Crippen LogP contribution < -0.4 is 15.4 Å². The number of ether oxygens (including phenoxy) is 2. The van der Waals surface area contributed by atoms with Gasteiger partial charge in [0.15, 0.2) is 0 Å². The summed E-state index contributed by atoms with van der Waals surface area (Å²) in [6.45, 7) is 5.78. The van der Waals surface area contributed by atoms with E-state index in [1.165, 1.54) is 7.11 Å². The second kappa shape index (κ2) is 11.8. The standard InChI is InChI=1S/C20H30N2O4.ClH/c1-4-26-18-7-5-15(6-8-18)12-17(20(24)25-3)13-22-19(23)16-9-10-21-14(2)11-16;/h5-8,14,16-17,21H,4,9-13H2,1-3H3,(H,22,23);1H/t14-,16-,17?;/m0./s1. The molecule has 1 aromatic rings. The number of amides is 1. The Morgan fingerprint density at radius 3 is 2.59 bits per heavy atom. The Hall–Kier alpha value is -1.79. The fourth-order valence-corrected chi connectivity index (χ4v) is 3.32. The molecular formula is C20H31ClN2O4. The van der Waals surface area contributed by atoms with Gasteiger partial charge in [0.05, 0.1) is 19.6 Å². The van der Waals surface area contributed by atoms with Crippen LogP contribution in [0.25, 0.3) is 0 Å². The number of rotatable bonds is 8. The molecule has 3 atom stereocenters. The zero-order valence-electron chi connectivity index (χ0n) is 16.3. The molecule has 0 saturated carbocycles. The van der Waals surface area contributed by atoms with Gasteiger partial charge >= 0.3 is 5.97 Å². The maximum Gasteiger partial charge on any atom is 0.310 e. The van der Waals surface area contributed by atoms with E-state index >= 15 is 0 Å². The minimum absolute atomic E-state index is 0. The van der Waals surface area contributed by atoms with E-state index < -0.39 is 5.92 Å². The number of benzene rings is 1. The molecule has 1 aliphatic rings. The zero-order valence-corrected chi connectivity index (χ0v) is 17.1. The summed E-state index contributed by atoms with van der Waals surface area (Å²) in [7, 11) is 1.38. The molecule has 1 fully saturated rings. The van der Waals surface area contributed by atoms with Crippen LogP contribution in [0.3, 0.4) is 0 Å². The van der Waals surface area contributed by atoms with E-state index in [4.69, 9.17) is 9.47 Å². The molecule has 0 radical (unpaired) electrons. The highest BCUT2D eigenvalue weighted by Gasteiger charge is 2.26. The van der Waals surface area contributed by atoms with E-state index in [2.05, 4.69) is 17.6 Å². The summed E-state index contributed by atoms with van der Waals surface area (Å²) in [5, 5.41) is 6.29. The predicted molar refractivity (Wildman–Crippen MR) is 107 cm³/mol. The SMILES string of the molecule is CCOc1ccc(CC(CNC(=O)[C@H]2CCN[C@@H](C)C2)C(=O)OC)cc1.Cl. The fourth-order valence-electron chi connectivity index (χ4n) is 3.32. The van der Waals surface area contributed by atoms with Gasteiger partial charge in [-0.25, -0.2) is 0 Å². The summed E-state index contributed by atoms with van der Waals surface area (Å²) in [5.74, 6) is 0.132. The van der Waals surface area contributed by atoms with E-state index in [0.29, 0.717) is 19.1 Å².